The zero-order valence-electron chi connectivity index (χ0n) is 11.2. The fourth-order valence-corrected chi connectivity index (χ4v) is 1.70. The Labute approximate surface area is 118 Å². The fourth-order valence-electron chi connectivity index (χ4n) is 1.57. The summed E-state index contributed by atoms with van der Waals surface area (Å²) in [6.07, 6.45) is 1.41. The van der Waals surface area contributed by atoms with Crippen LogP contribution in [-0.2, 0) is 11.3 Å². The molecule has 1 aromatic rings. The van der Waals surface area contributed by atoms with E-state index in [1.54, 1.807) is 12.1 Å². The number of carbonyl (C=O) groups is 1. The lowest BCUT2D eigenvalue weighted by Gasteiger charge is -2.10. The molecular formula is C14H19FN2OS. The second-order valence-corrected chi connectivity index (χ2v) is 5.10. The smallest absolute Gasteiger partial charge is 0.220 e. The van der Waals surface area contributed by atoms with Crippen molar-refractivity contribution in [1.82, 2.24) is 5.32 Å². The molecule has 0 aliphatic heterocycles. The van der Waals surface area contributed by atoms with Crippen molar-refractivity contribution in [2.45, 2.75) is 33.2 Å². The van der Waals surface area contributed by atoms with Crippen molar-refractivity contribution in [3.05, 3.63) is 35.1 Å². The molecule has 3 N–H and O–H groups in total. The van der Waals surface area contributed by atoms with Crippen LogP contribution < -0.4 is 11.1 Å². The van der Waals surface area contributed by atoms with Crippen molar-refractivity contribution in [2.75, 3.05) is 0 Å². The average molecular weight is 282 g/mol. The minimum atomic E-state index is -0.408. The number of rotatable bonds is 6. The van der Waals surface area contributed by atoms with Crippen LogP contribution in [0.25, 0.3) is 0 Å². The third kappa shape index (κ3) is 4.95. The van der Waals surface area contributed by atoms with Gasteiger partial charge in [0.1, 0.15) is 10.8 Å². The van der Waals surface area contributed by atoms with Gasteiger partial charge in [-0.3, -0.25) is 4.79 Å². The van der Waals surface area contributed by atoms with Crippen molar-refractivity contribution >= 4 is 23.1 Å². The second kappa shape index (κ2) is 7.19. The zero-order chi connectivity index (χ0) is 14.4. The molecule has 0 radical (unpaired) electrons. The second-order valence-electron chi connectivity index (χ2n) is 4.66. The highest BCUT2D eigenvalue weighted by atomic mass is 32.1. The molecule has 0 spiro atoms. The molecule has 1 aromatic carbocycles. The van der Waals surface area contributed by atoms with E-state index in [-0.39, 0.29) is 17.4 Å². The molecule has 0 aromatic heterocycles. The standard InChI is InChI=1S/C14H19FN2OS/c1-3-9(2)6-13(18)17-8-11-5-4-10(14(16)19)7-12(11)15/h4-5,7,9H,3,6,8H2,1-2H3,(H2,16,19)(H,17,18). The van der Waals surface area contributed by atoms with Crippen LogP contribution >= 0.6 is 12.2 Å². The SMILES string of the molecule is CCC(C)CC(=O)NCc1ccc(C(N)=S)cc1F. The van der Waals surface area contributed by atoms with Crippen LogP contribution in [0.2, 0.25) is 0 Å². The van der Waals surface area contributed by atoms with E-state index in [0.29, 0.717) is 23.5 Å². The van der Waals surface area contributed by atoms with Crippen LogP contribution in [0.15, 0.2) is 18.2 Å². The van der Waals surface area contributed by atoms with Gasteiger partial charge in [-0.2, -0.15) is 0 Å². The first kappa shape index (κ1) is 15.6. The van der Waals surface area contributed by atoms with Crippen LogP contribution in [-0.4, -0.2) is 10.9 Å². The van der Waals surface area contributed by atoms with Crippen molar-refractivity contribution in [1.29, 1.82) is 0 Å². The van der Waals surface area contributed by atoms with E-state index in [1.807, 2.05) is 13.8 Å². The van der Waals surface area contributed by atoms with Crippen LogP contribution in [0.3, 0.4) is 0 Å². The maximum atomic E-state index is 13.7. The van der Waals surface area contributed by atoms with Gasteiger partial charge in [-0.1, -0.05) is 44.6 Å². The highest BCUT2D eigenvalue weighted by Gasteiger charge is 2.09. The Balaban J connectivity index is 2.59. The third-order valence-electron chi connectivity index (χ3n) is 3.04. The van der Waals surface area contributed by atoms with Gasteiger partial charge in [-0.15, -0.1) is 0 Å². The van der Waals surface area contributed by atoms with Crippen LogP contribution in [0.1, 0.15) is 37.8 Å². The molecule has 1 rings (SSSR count). The molecule has 19 heavy (non-hydrogen) atoms. The highest BCUT2D eigenvalue weighted by Crippen LogP contribution is 2.11. The Morgan fingerprint density at radius 1 is 1.53 bits per heavy atom. The van der Waals surface area contributed by atoms with Gasteiger partial charge in [0.25, 0.3) is 0 Å². The predicted octanol–water partition coefficient (Wildman–Crippen LogP) is 2.51. The first-order valence-corrected chi connectivity index (χ1v) is 6.69. The Morgan fingerprint density at radius 3 is 2.74 bits per heavy atom. The van der Waals surface area contributed by atoms with Gasteiger partial charge < -0.3 is 11.1 Å². The van der Waals surface area contributed by atoms with Crippen LogP contribution in [0, 0.1) is 11.7 Å². The molecule has 0 aliphatic carbocycles. The lowest BCUT2D eigenvalue weighted by Crippen LogP contribution is -2.25. The number of amides is 1. The van der Waals surface area contributed by atoms with Crippen molar-refractivity contribution in [3.63, 3.8) is 0 Å². The van der Waals surface area contributed by atoms with Gasteiger partial charge in [0.05, 0.1) is 0 Å². The van der Waals surface area contributed by atoms with E-state index in [2.05, 4.69) is 5.32 Å². The van der Waals surface area contributed by atoms with E-state index in [4.69, 9.17) is 18.0 Å². The molecule has 1 amide bonds. The summed E-state index contributed by atoms with van der Waals surface area (Å²) in [6.45, 7) is 4.22. The third-order valence-corrected chi connectivity index (χ3v) is 3.28. The molecule has 0 saturated heterocycles. The molecule has 104 valence electrons. The van der Waals surface area contributed by atoms with E-state index in [1.165, 1.54) is 6.07 Å². The van der Waals surface area contributed by atoms with Crippen LogP contribution in [0.5, 0.6) is 0 Å². The normalized spacial score (nSPS) is 11.9. The number of thiocarbonyl (C=S) groups is 1. The summed E-state index contributed by atoms with van der Waals surface area (Å²) in [5.41, 5.74) is 6.34. The first-order valence-electron chi connectivity index (χ1n) is 6.29. The molecule has 1 unspecified atom stereocenters. The summed E-state index contributed by atoms with van der Waals surface area (Å²) in [5, 5.41) is 2.71. The van der Waals surface area contributed by atoms with Gasteiger partial charge in [-0.25, -0.2) is 4.39 Å². The fraction of sp³-hybridized carbons (Fsp3) is 0.429. The molecule has 0 saturated carbocycles. The van der Waals surface area contributed by atoms with Gasteiger partial charge in [0, 0.05) is 24.1 Å². The van der Waals surface area contributed by atoms with Crippen molar-refractivity contribution in [3.8, 4) is 0 Å². The number of nitrogens with one attached hydrogen (secondary N) is 1. The number of halogens is 1. The molecule has 5 heteroatoms. The maximum absolute atomic E-state index is 13.7. The highest BCUT2D eigenvalue weighted by molar-refractivity contribution is 7.80. The van der Waals surface area contributed by atoms with Gasteiger partial charge in [0.2, 0.25) is 5.91 Å². The number of hydrogen-bond acceptors (Lipinski definition) is 2. The lowest BCUT2D eigenvalue weighted by molar-refractivity contribution is -0.122. The average Bonchev–Trinajstić information content (AvgIpc) is 2.36. The summed E-state index contributed by atoms with van der Waals surface area (Å²) in [5.74, 6) is -0.136. The summed E-state index contributed by atoms with van der Waals surface area (Å²) >= 11 is 4.77. The Morgan fingerprint density at radius 2 is 2.21 bits per heavy atom. The monoisotopic (exact) mass is 282 g/mol. The van der Waals surface area contributed by atoms with Gasteiger partial charge >= 0.3 is 0 Å². The quantitative estimate of drug-likeness (QED) is 0.788. The van der Waals surface area contributed by atoms with E-state index in [9.17, 15) is 9.18 Å². The van der Waals surface area contributed by atoms with Crippen molar-refractivity contribution in [2.24, 2.45) is 11.7 Å². The summed E-state index contributed by atoms with van der Waals surface area (Å²) in [7, 11) is 0. The lowest BCUT2D eigenvalue weighted by atomic mass is 10.0. The Hall–Kier alpha value is -1.49. The predicted molar refractivity (Wildman–Crippen MR) is 78.2 cm³/mol. The number of carbonyl (C=O) groups excluding carboxylic acids is 1. The molecule has 0 fully saturated rings. The molecular weight excluding hydrogens is 263 g/mol. The molecule has 3 nitrogen and oxygen atoms in total. The summed E-state index contributed by atoms with van der Waals surface area (Å²) in [6, 6.07) is 4.54. The topological polar surface area (TPSA) is 55.1 Å². The van der Waals surface area contributed by atoms with Gasteiger partial charge in [0.15, 0.2) is 0 Å². The van der Waals surface area contributed by atoms with E-state index < -0.39 is 5.82 Å². The summed E-state index contributed by atoms with van der Waals surface area (Å²) < 4.78 is 13.7. The largest absolute Gasteiger partial charge is 0.389 e. The Bertz CT molecular complexity index is 477. The number of nitrogens with two attached hydrogens (primary N) is 1. The minimum absolute atomic E-state index is 0.0628. The zero-order valence-corrected chi connectivity index (χ0v) is 12.0. The Kier molecular flexibility index (Phi) is 5.89. The molecule has 0 bridgehead atoms. The van der Waals surface area contributed by atoms with E-state index >= 15 is 0 Å². The van der Waals surface area contributed by atoms with Gasteiger partial charge in [-0.05, 0) is 12.0 Å². The molecule has 0 aliphatic rings. The maximum Gasteiger partial charge on any atom is 0.220 e. The number of benzene rings is 1. The minimum Gasteiger partial charge on any atom is -0.389 e. The number of hydrogen-bond donors (Lipinski definition) is 2. The van der Waals surface area contributed by atoms with Crippen LogP contribution in [0.4, 0.5) is 4.39 Å². The first-order chi connectivity index (χ1) is 8.93. The van der Waals surface area contributed by atoms with Crippen molar-refractivity contribution < 1.29 is 9.18 Å². The van der Waals surface area contributed by atoms with E-state index in [0.717, 1.165) is 6.42 Å². The summed E-state index contributed by atoms with van der Waals surface area (Å²) in [4.78, 5) is 11.8. The molecule has 0 heterocycles. The molecule has 1 atom stereocenters.